The number of rotatable bonds is 6. The third-order valence-electron chi connectivity index (χ3n) is 3.15. The first-order valence-electron chi connectivity index (χ1n) is 6.88. The summed E-state index contributed by atoms with van der Waals surface area (Å²) in [4.78, 5) is 23.0. The molecule has 2 aromatic rings. The van der Waals surface area contributed by atoms with Crippen molar-refractivity contribution in [1.29, 1.82) is 0 Å². The fraction of sp³-hybridized carbons (Fsp3) is 0.176. The molecule has 0 spiro atoms. The van der Waals surface area contributed by atoms with Crippen LogP contribution in [0.2, 0.25) is 0 Å². The van der Waals surface area contributed by atoms with Crippen LogP contribution in [0.1, 0.15) is 26.3 Å². The van der Waals surface area contributed by atoms with Crippen LogP contribution in [0.15, 0.2) is 48.5 Å². The summed E-state index contributed by atoms with van der Waals surface area (Å²) in [5.74, 6) is -0.923. The number of hydrogen-bond donors (Lipinski definition) is 2. The number of hydrogen-bond acceptors (Lipinski definition) is 3. The number of ether oxygens (including phenoxy) is 1. The Labute approximate surface area is 128 Å². The first kappa shape index (κ1) is 15.6. The van der Waals surface area contributed by atoms with Crippen LogP contribution in [0.5, 0.6) is 5.75 Å². The molecule has 0 aliphatic carbocycles. The lowest BCUT2D eigenvalue weighted by Gasteiger charge is -2.10. The number of carboxylic acids is 1. The molecule has 0 aromatic heterocycles. The zero-order valence-corrected chi connectivity index (χ0v) is 12.2. The predicted molar refractivity (Wildman–Crippen MR) is 82.4 cm³/mol. The lowest BCUT2D eigenvalue weighted by molar-refractivity contribution is 0.0691. The van der Waals surface area contributed by atoms with Gasteiger partial charge in [0.05, 0.1) is 6.54 Å². The highest BCUT2D eigenvalue weighted by Crippen LogP contribution is 2.17. The molecule has 114 valence electrons. The summed E-state index contributed by atoms with van der Waals surface area (Å²) in [6.45, 7) is 2.36. The molecular weight excluding hydrogens is 282 g/mol. The van der Waals surface area contributed by atoms with Gasteiger partial charge in [-0.25, -0.2) is 4.79 Å². The standard InChI is InChI=1S/C17H17NO4/c1-12-6-2-3-7-13(12)16(19)18-10-11-22-15-9-5-4-8-14(15)17(20)21/h2-9H,10-11H2,1H3,(H,18,19)(H,20,21). The number of para-hydroxylation sites is 1. The van der Waals surface area contributed by atoms with Crippen LogP contribution in [0, 0.1) is 6.92 Å². The van der Waals surface area contributed by atoms with Crippen LogP contribution < -0.4 is 10.1 Å². The Morgan fingerprint density at radius 1 is 1.05 bits per heavy atom. The molecule has 0 aliphatic heterocycles. The minimum atomic E-state index is -1.04. The van der Waals surface area contributed by atoms with E-state index in [0.717, 1.165) is 5.56 Å². The summed E-state index contributed by atoms with van der Waals surface area (Å²) < 4.78 is 5.42. The highest BCUT2D eigenvalue weighted by atomic mass is 16.5. The van der Waals surface area contributed by atoms with Gasteiger partial charge in [0, 0.05) is 5.56 Å². The SMILES string of the molecule is Cc1ccccc1C(=O)NCCOc1ccccc1C(=O)O. The summed E-state index contributed by atoms with van der Waals surface area (Å²) in [5, 5.41) is 11.8. The first-order chi connectivity index (χ1) is 10.6. The summed E-state index contributed by atoms with van der Waals surface area (Å²) in [7, 11) is 0. The van der Waals surface area contributed by atoms with E-state index in [2.05, 4.69) is 5.32 Å². The van der Waals surface area contributed by atoms with E-state index in [-0.39, 0.29) is 18.1 Å². The summed E-state index contributed by atoms with van der Waals surface area (Å²) in [5.41, 5.74) is 1.62. The third kappa shape index (κ3) is 3.85. The second-order valence-electron chi connectivity index (χ2n) is 4.72. The number of aromatic carboxylic acids is 1. The molecule has 2 N–H and O–H groups in total. The monoisotopic (exact) mass is 299 g/mol. The smallest absolute Gasteiger partial charge is 0.339 e. The second kappa shape index (κ2) is 7.26. The molecular formula is C17H17NO4. The van der Waals surface area contributed by atoms with Crippen molar-refractivity contribution in [3.05, 3.63) is 65.2 Å². The van der Waals surface area contributed by atoms with Gasteiger partial charge in [0.1, 0.15) is 17.9 Å². The van der Waals surface area contributed by atoms with Gasteiger partial charge in [-0.3, -0.25) is 4.79 Å². The highest BCUT2D eigenvalue weighted by molar-refractivity contribution is 5.95. The van der Waals surface area contributed by atoms with E-state index < -0.39 is 5.97 Å². The van der Waals surface area contributed by atoms with Gasteiger partial charge >= 0.3 is 5.97 Å². The molecule has 0 atom stereocenters. The van der Waals surface area contributed by atoms with Gasteiger partial charge in [0.25, 0.3) is 5.91 Å². The van der Waals surface area contributed by atoms with Crippen LogP contribution in [-0.2, 0) is 0 Å². The van der Waals surface area contributed by atoms with E-state index >= 15 is 0 Å². The van der Waals surface area contributed by atoms with E-state index in [9.17, 15) is 9.59 Å². The molecule has 0 radical (unpaired) electrons. The zero-order valence-electron chi connectivity index (χ0n) is 12.2. The maximum atomic E-state index is 12.0. The fourth-order valence-corrected chi connectivity index (χ4v) is 2.02. The molecule has 2 rings (SSSR count). The molecule has 1 amide bonds. The van der Waals surface area contributed by atoms with Gasteiger partial charge in [0.15, 0.2) is 0 Å². The molecule has 0 heterocycles. The quantitative estimate of drug-likeness (QED) is 0.804. The topological polar surface area (TPSA) is 75.6 Å². The highest BCUT2D eigenvalue weighted by Gasteiger charge is 2.10. The number of carbonyl (C=O) groups excluding carboxylic acids is 1. The predicted octanol–water partition coefficient (Wildman–Crippen LogP) is 2.50. The van der Waals surface area contributed by atoms with Crippen molar-refractivity contribution >= 4 is 11.9 Å². The number of nitrogens with one attached hydrogen (secondary N) is 1. The van der Waals surface area contributed by atoms with Gasteiger partial charge in [-0.1, -0.05) is 30.3 Å². The summed E-state index contributed by atoms with van der Waals surface area (Å²) in [6, 6.07) is 13.7. The van der Waals surface area contributed by atoms with Crippen LogP contribution >= 0.6 is 0 Å². The molecule has 0 unspecified atom stereocenters. The Hall–Kier alpha value is -2.82. The van der Waals surface area contributed by atoms with E-state index in [1.54, 1.807) is 24.3 Å². The largest absolute Gasteiger partial charge is 0.491 e. The van der Waals surface area contributed by atoms with Crippen LogP contribution in [0.3, 0.4) is 0 Å². The van der Waals surface area contributed by atoms with Gasteiger partial charge < -0.3 is 15.2 Å². The zero-order chi connectivity index (χ0) is 15.9. The van der Waals surface area contributed by atoms with Crippen molar-refractivity contribution in [2.24, 2.45) is 0 Å². The van der Waals surface area contributed by atoms with Crippen molar-refractivity contribution in [3.63, 3.8) is 0 Å². The Bertz CT molecular complexity index is 682. The normalized spacial score (nSPS) is 10.0. The lowest BCUT2D eigenvalue weighted by atomic mass is 10.1. The second-order valence-corrected chi connectivity index (χ2v) is 4.72. The Morgan fingerprint density at radius 2 is 1.68 bits per heavy atom. The maximum absolute atomic E-state index is 12.0. The van der Waals surface area contributed by atoms with E-state index in [1.165, 1.54) is 6.07 Å². The van der Waals surface area contributed by atoms with E-state index in [4.69, 9.17) is 9.84 Å². The van der Waals surface area contributed by atoms with Crippen molar-refractivity contribution < 1.29 is 19.4 Å². The molecule has 0 aliphatic rings. The first-order valence-corrected chi connectivity index (χ1v) is 6.88. The average Bonchev–Trinajstić information content (AvgIpc) is 2.52. The van der Waals surface area contributed by atoms with Crippen LogP contribution in [0.25, 0.3) is 0 Å². The fourth-order valence-electron chi connectivity index (χ4n) is 2.02. The van der Waals surface area contributed by atoms with Gasteiger partial charge in [0.2, 0.25) is 0 Å². The molecule has 0 saturated heterocycles. The van der Waals surface area contributed by atoms with Crippen molar-refractivity contribution in [1.82, 2.24) is 5.32 Å². The van der Waals surface area contributed by atoms with Crippen molar-refractivity contribution in [2.45, 2.75) is 6.92 Å². The molecule has 5 nitrogen and oxygen atoms in total. The average molecular weight is 299 g/mol. The van der Waals surface area contributed by atoms with E-state index in [0.29, 0.717) is 17.9 Å². The van der Waals surface area contributed by atoms with Gasteiger partial charge in [-0.15, -0.1) is 0 Å². The summed E-state index contributed by atoms with van der Waals surface area (Å²) >= 11 is 0. The minimum Gasteiger partial charge on any atom is -0.491 e. The third-order valence-corrected chi connectivity index (χ3v) is 3.15. The number of amides is 1. The Balaban J connectivity index is 1.87. The molecule has 22 heavy (non-hydrogen) atoms. The maximum Gasteiger partial charge on any atom is 0.339 e. The Kier molecular flexibility index (Phi) is 5.14. The Morgan fingerprint density at radius 3 is 2.36 bits per heavy atom. The molecule has 2 aromatic carbocycles. The van der Waals surface area contributed by atoms with Crippen molar-refractivity contribution in [3.8, 4) is 5.75 Å². The number of carbonyl (C=O) groups is 2. The van der Waals surface area contributed by atoms with Crippen molar-refractivity contribution in [2.75, 3.05) is 13.2 Å². The molecule has 5 heteroatoms. The number of benzene rings is 2. The van der Waals surface area contributed by atoms with Gasteiger partial charge in [-0.2, -0.15) is 0 Å². The molecule has 0 bridgehead atoms. The van der Waals surface area contributed by atoms with Crippen LogP contribution in [-0.4, -0.2) is 30.1 Å². The minimum absolute atomic E-state index is 0.104. The number of carboxylic acid groups (broad SMARTS) is 1. The lowest BCUT2D eigenvalue weighted by Crippen LogP contribution is -2.28. The number of aryl methyl sites for hydroxylation is 1. The van der Waals surface area contributed by atoms with Gasteiger partial charge in [-0.05, 0) is 30.7 Å². The summed E-state index contributed by atoms with van der Waals surface area (Å²) in [6.07, 6.45) is 0. The molecule has 0 saturated carbocycles. The molecule has 0 fully saturated rings. The van der Waals surface area contributed by atoms with Crippen LogP contribution in [0.4, 0.5) is 0 Å². The van der Waals surface area contributed by atoms with E-state index in [1.807, 2.05) is 25.1 Å².